The van der Waals surface area contributed by atoms with E-state index >= 15 is 0 Å². The van der Waals surface area contributed by atoms with Crippen LogP contribution in [0.2, 0.25) is 6.04 Å². The van der Waals surface area contributed by atoms with E-state index in [4.69, 9.17) is 32.2 Å². The van der Waals surface area contributed by atoms with Gasteiger partial charge in [-0.3, -0.25) is 4.43 Å². The maximum atomic E-state index is 5.77. The van der Waals surface area contributed by atoms with Crippen molar-refractivity contribution < 1.29 is 32.2 Å². The summed E-state index contributed by atoms with van der Waals surface area (Å²) in [6, 6.07) is 0.496. The molecule has 1 unspecified atom stereocenters. The van der Waals surface area contributed by atoms with Crippen LogP contribution in [0, 0.1) is 0 Å². The van der Waals surface area contributed by atoms with Crippen LogP contribution >= 0.6 is 0 Å². The van der Waals surface area contributed by atoms with Crippen molar-refractivity contribution in [1.29, 1.82) is 0 Å². The van der Waals surface area contributed by atoms with Crippen LogP contribution in [0.3, 0.4) is 0 Å². The molecule has 7 nitrogen and oxygen atoms in total. The summed E-state index contributed by atoms with van der Waals surface area (Å²) in [6.45, 7) is 12.3. The fourth-order valence-corrected chi connectivity index (χ4v) is 3.61. The largest absolute Gasteiger partial charge is 0.551 e. The molecule has 0 fully saturated rings. The highest BCUT2D eigenvalue weighted by Crippen LogP contribution is 2.28. The van der Waals surface area contributed by atoms with Crippen molar-refractivity contribution >= 4 is 8.80 Å². The molecule has 0 aliphatic carbocycles. The molecular weight excluding hydrogens is 296 g/mol. The summed E-state index contributed by atoms with van der Waals surface area (Å²) < 4.78 is 37.3. The lowest BCUT2D eigenvalue weighted by atomic mass is 10.6. The topological polar surface area (TPSA) is 64.6 Å². The minimum Gasteiger partial charge on any atom is -0.406 e. The Labute approximate surface area is 127 Å². The van der Waals surface area contributed by atoms with Gasteiger partial charge in [0.15, 0.2) is 0 Å². The molecule has 0 N–H and O–H groups in total. The molecule has 0 amide bonds. The molecule has 0 rings (SSSR count). The average Bonchev–Trinajstić information content (AvgIpc) is 2.46. The summed E-state index contributed by atoms with van der Waals surface area (Å²) in [5, 5.41) is 0. The lowest BCUT2D eigenvalue weighted by Gasteiger charge is -2.35. The molecule has 0 aromatic rings. The summed E-state index contributed by atoms with van der Waals surface area (Å²) in [6.07, 6.45) is 2.09. The fourth-order valence-electron chi connectivity index (χ4n) is 1.46. The van der Waals surface area contributed by atoms with Crippen LogP contribution in [0.5, 0.6) is 0 Å². The lowest BCUT2D eigenvalue weighted by molar-refractivity contribution is -0.434. The minimum atomic E-state index is -3.18. The van der Waals surface area contributed by atoms with Crippen molar-refractivity contribution in [1.82, 2.24) is 0 Å². The molecule has 0 aliphatic heterocycles. The van der Waals surface area contributed by atoms with E-state index in [0.717, 1.165) is 25.2 Å². The van der Waals surface area contributed by atoms with Crippen LogP contribution in [0.1, 0.15) is 13.3 Å². The van der Waals surface area contributed by atoms with E-state index in [1.807, 2.05) is 6.92 Å². The van der Waals surface area contributed by atoms with Crippen molar-refractivity contribution in [2.24, 2.45) is 0 Å². The van der Waals surface area contributed by atoms with Crippen molar-refractivity contribution in [2.45, 2.75) is 25.5 Å². The molecule has 8 heteroatoms. The summed E-state index contributed by atoms with van der Waals surface area (Å²) in [5.41, 5.74) is 0. The van der Waals surface area contributed by atoms with Gasteiger partial charge in [0.05, 0.1) is 18.8 Å². The van der Waals surface area contributed by atoms with Crippen LogP contribution in [0.4, 0.5) is 0 Å². The Morgan fingerprint density at radius 2 is 1.52 bits per heavy atom. The Kier molecular flexibility index (Phi) is 9.75. The normalized spacial score (nSPS) is 13.9. The molecule has 0 aromatic heterocycles. The number of hydrogen-bond acceptors (Lipinski definition) is 7. The third-order valence-corrected chi connectivity index (χ3v) is 5.08. The number of rotatable bonds is 14. The molecule has 0 saturated heterocycles. The fraction of sp³-hybridized carbons (Fsp3) is 0.538. The van der Waals surface area contributed by atoms with Gasteiger partial charge in [0, 0.05) is 20.3 Å². The maximum absolute atomic E-state index is 5.77. The van der Waals surface area contributed by atoms with Gasteiger partial charge in [-0.15, -0.1) is 0 Å². The lowest BCUT2D eigenvalue weighted by Crippen LogP contribution is -2.54. The van der Waals surface area contributed by atoms with Crippen LogP contribution in [0.15, 0.2) is 38.5 Å². The first-order valence-corrected chi connectivity index (χ1v) is 8.25. The molecular formula is C13H24O7Si. The molecule has 0 aliphatic rings. The number of methoxy groups -OCH3 is 1. The zero-order valence-electron chi connectivity index (χ0n) is 12.8. The third kappa shape index (κ3) is 6.32. The van der Waals surface area contributed by atoms with Crippen molar-refractivity contribution in [2.75, 3.05) is 21.0 Å². The zero-order valence-corrected chi connectivity index (χ0v) is 13.8. The second kappa shape index (κ2) is 10.4. The molecule has 0 saturated carbocycles. The zero-order chi connectivity index (χ0) is 16.2. The first-order valence-electron chi connectivity index (χ1n) is 6.32. The van der Waals surface area contributed by atoms with Crippen molar-refractivity contribution in [3.8, 4) is 0 Å². The molecule has 0 spiro atoms. The average molecular weight is 320 g/mol. The predicted molar refractivity (Wildman–Crippen MR) is 78.5 cm³/mol. The van der Waals surface area contributed by atoms with Crippen LogP contribution in [0.25, 0.3) is 0 Å². The first kappa shape index (κ1) is 19.7. The Bertz CT molecular complexity index is 297. The quantitative estimate of drug-likeness (QED) is 0.277. The Morgan fingerprint density at radius 1 is 1.00 bits per heavy atom. The van der Waals surface area contributed by atoms with Gasteiger partial charge in [-0.05, 0) is 0 Å². The van der Waals surface area contributed by atoms with E-state index in [2.05, 4.69) is 19.7 Å². The molecule has 21 heavy (non-hydrogen) atoms. The summed E-state index contributed by atoms with van der Waals surface area (Å²) in [7, 11) is -0.216. The highest BCUT2D eigenvalue weighted by atomic mass is 28.4. The van der Waals surface area contributed by atoms with Gasteiger partial charge >= 0.3 is 15.0 Å². The van der Waals surface area contributed by atoms with E-state index < -0.39 is 15.0 Å². The van der Waals surface area contributed by atoms with Crippen LogP contribution < -0.4 is 0 Å². The van der Waals surface area contributed by atoms with E-state index in [9.17, 15) is 0 Å². The smallest absolute Gasteiger partial charge is 0.406 e. The number of hydrogen-bond donors (Lipinski definition) is 0. The predicted octanol–water partition coefficient (Wildman–Crippen LogP) is 2.71. The molecule has 0 aromatic carbocycles. The van der Waals surface area contributed by atoms with E-state index in [1.165, 1.54) is 14.2 Å². The van der Waals surface area contributed by atoms with Gasteiger partial charge in [0.1, 0.15) is 6.79 Å². The van der Waals surface area contributed by atoms with Gasteiger partial charge in [-0.1, -0.05) is 33.1 Å². The molecule has 0 radical (unpaired) electrons. The highest BCUT2D eigenvalue weighted by molar-refractivity contribution is 6.60. The van der Waals surface area contributed by atoms with E-state index in [-0.39, 0.29) is 6.79 Å². The Morgan fingerprint density at radius 3 is 1.86 bits per heavy atom. The Balaban J connectivity index is 5.36. The summed E-state index contributed by atoms with van der Waals surface area (Å²) in [5.74, 6) is 0. The standard InChI is InChI=1S/C13H24O7Si/c1-7-11-21(15-6,19-12-14-5)20-13(16-8-2,17-9-3)18-10-4/h8-10H,2-4,7,11-12H2,1,5-6H3. The molecule has 122 valence electrons. The Hall–Kier alpha value is -1.32. The van der Waals surface area contributed by atoms with E-state index in [0.29, 0.717) is 6.04 Å². The van der Waals surface area contributed by atoms with Crippen LogP contribution in [-0.2, 0) is 32.2 Å². The first-order chi connectivity index (χ1) is 10.1. The second-order valence-corrected chi connectivity index (χ2v) is 6.41. The third-order valence-electron chi connectivity index (χ3n) is 2.23. The highest BCUT2D eigenvalue weighted by Gasteiger charge is 2.52. The van der Waals surface area contributed by atoms with Crippen molar-refractivity contribution in [3.05, 3.63) is 38.5 Å². The summed E-state index contributed by atoms with van der Waals surface area (Å²) in [4.78, 5) is 0. The SMILES string of the molecule is C=COC(OC=C)(OC=C)O[Si](CCC)(OC)OCOC. The molecule has 0 bridgehead atoms. The molecule has 0 heterocycles. The minimum absolute atomic E-state index is 0.00753. The van der Waals surface area contributed by atoms with Crippen LogP contribution in [-0.4, -0.2) is 36.0 Å². The maximum Gasteiger partial charge on any atom is 0.551 e. The van der Waals surface area contributed by atoms with Gasteiger partial charge < -0.3 is 27.8 Å². The number of ether oxygens (including phenoxy) is 4. The summed E-state index contributed by atoms with van der Waals surface area (Å²) >= 11 is 0. The van der Waals surface area contributed by atoms with Gasteiger partial charge in [0.2, 0.25) is 0 Å². The van der Waals surface area contributed by atoms with Gasteiger partial charge in [-0.25, -0.2) is 0 Å². The van der Waals surface area contributed by atoms with Gasteiger partial charge in [0.25, 0.3) is 0 Å². The van der Waals surface area contributed by atoms with Gasteiger partial charge in [-0.2, -0.15) is 0 Å². The molecule has 1 atom stereocenters. The monoisotopic (exact) mass is 320 g/mol. The van der Waals surface area contributed by atoms with Crippen molar-refractivity contribution in [3.63, 3.8) is 0 Å². The van der Waals surface area contributed by atoms with E-state index in [1.54, 1.807) is 0 Å². The second-order valence-electron chi connectivity index (χ2n) is 3.64.